The molecular weight excluding hydrogens is 220 g/mol. The van der Waals surface area contributed by atoms with Crippen molar-refractivity contribution >= 4 is 5.97 Å². The van der Waals surface area contributed by atoms with Gasteiger partial charge in [-0.15, -0.1) is 0 Å². The van der Waals surface area contributed by atoms with E-state index < -0.39 is 23.6 Å². The van der Waals surface area contributed by atoms with Crippen LogP contribution in [0, 0.1) is 11.6 Å². The van der Waals surface area contributed by atoms with Crippen LogP contribution in [0.3, 0.4) is 0 Å². The molecule has 2 N–H and O–H groups in total. The van der Waals surface area contributed by atoms with E-state index in [4.69, 9.17) is 9.84 Å². The highest BCUT2D eigenvalue weighted by atomic mass is 19.1. The Morgan fingerprint density at radius 3 is 2.81 bits per heavy atom. The Labute approximate surface area is 90.8 Å². The van der Waals surface area contributed by atoms with E-state index in [-0.39, 0.29) is 12.4 Å². The van der Waals surface area contributed by atoms with Crippen molar-refractivity contribution in [2.75, 3.05) is 13.7 Å². The number of halogens is 2. The number of nitrogens with one attached hydrogen (secondary N) is 1. The number of hydrogen-bond acceptors (Lipinski definition) is 3. The molecule has 0 aliphatic heterocycles. The van der Waals surface area contributed by atoms with Crippen LogP contribution in [-0.2, 0) is 4.79 Å². The van der Waals surface area contributed by atoms with Gasteiger partial charge in [-0.2, -0.15) is 0 Å². The molecule has 4 nitrogen and oxygen atoms in total. The maximum absolute atomic E-state index is 13.1. The zero-order valence-electron chi connectivity index (χ0n) is 8.54. The van der Waals surface area contributed by atoms with Gasteiger partial charge in [0.2, 0.25) is 0 Å². The van der Waals surface area contributed by atoms with Gasteiger partial charge in [-0.25, -0.2) is 8.78 Å². The minimum Gasteiger partial charge on any atom is -0.488 e. The lowest BCUT2D eigenvalue weighted by Gasteiger charge is -2.13. The van der Waals surface area contributed by atoms with E-state index in [1.54, 1.807) is 0 Å². The standard InChI is InChI=1S/C10H11F2NO3/c1-13-8(10(14)15)5-16-9-4-6(11)2-3-7(9)12/h2-4,8,13H,5H2,1H3,(H,14,15). The second-order valence-corrected chi connectivity index (χ2v) is 3.07. The molecule has 88 valence electrons. The van der Waals surface area contributed by atoms with Crippen molar-refractivity contribution in [3.05, 3.63) is 29.8 Å². The van der Waals surface area contributed by atoms with Gasteiger partial charge in [0.15, 0.2) is 11.6 Å². The molecule has 0 spiro atoms. The van der Waals surface area contributed by atoms with Crippen LogP contribution in [0.5, 0.6) is 5.75 Å². The Kier molecular flexibility index (Phi) is 4.19. The van der Waals surface area contributed by atoms with Gasteiger partial charge in [0.05, 0.1) is 0 Å². The van der Waals surface area contributed by atoms with E-state index in [9.17, 15) is 13.6 Å². The fourth-order valence-corrected chi connectivity index (χ4v) is 1.04. The Morgan fingerprint density at radius 1 is 1.56 bits per heavy atom. The van der Waals surface area contributed by atoms with Crippen LogP contribution in [0.4, 0.5) is 8.78 Å². The monoisotopic (exact) mass is 231 g/mol. The maximum atomic E-state index is 13.1. The molecule has 1 aromatic rings. The van der Waals surface area contributed by atoms with Gasteiger partial charge in [0.25, 0.3) is 0 Å². The first-order chi connectivity index (χ1) is 7.54. The Balaban J connectivity index is 2.66. The summed E-state index contributed by atoms with van der Waals surface area (Å²) in [7, 11) is 1.43. The van der Waals surface area contributed by atoms with Gasteiger partial charge in [0, 0.05) is 6.07 Å². The minimum atomic E-state index is -1.13. The zero-order chi connectivity index (χ0) is 12.1. The highest BCUT2D eigenvalue weighted by Crippen LogP contribution is 2.17. The molecule has 0 amide bonds. The minimum absolute atomic E-state index is 0.286. The third-order valence-electron chi connectivity index (χ3n) is 1.95. The number of likely N-dealkylation sites (N-methyl/N-ethyl adjacent to an activating group) is 1. The quantitative estimate of drug-likeness (QED) is 0.794. The summed E-state index contributed by atoms with van der Waals surface area (Å²) < 4.78 is 30.7. The highest BCUT2D eigenvalue weighted by molar-refractivity contribution is 5.73. The highest BCUT2D eigenvalue weighted by Gasteiger charge is 2.16. The zero-order valence-corrected chi connectivity index (χ0v) is 8.54. The Hall–Kier alpha value is -1.69. The van der Waals surface area contributed by atoms with Crippen molar-refractivity contribution in [1.82, 2.24) is 5.32 Å². The summed E-state index contributed by atoms with van der Waals surface area (Å²) in [5.74, 6) is -2.81. The van der Waals surface area contributed by atoms with E-state index in [0.717, 1.165) is 18.2 Å². The molecule has 0 radical (unpaired) electrons. The number of hydrogen-bond donors (Lipinski definition) is 2. The third kappa shape index (κ3) is 3.16. The fourth-order valence-electron chi connectivity index (χ4n) is 1.04. The van der Waals surface area contributed by atoms with Crippen LogP contribution >= 0.6 is 0 Å². The molecule has 1 aromatic carbocycles. The largest absolute Gasteiger partial charge is 0.488 e. The average molecular weight is 231 g/mol. The van der Waals surface area contributed by atoms with Crippen molar-refractivity contribution < 1.29 is 23.4 Å². The molecule has 16 heavy (non-hydrogen) atoms. The Morgan fingerprint density at radius 2 is 2.25 bits per heavy atom. The average Bonchev–Trinajstić information content (AvgIpc) is 2.23. The van der Waals surface area contributed by atoms with Gasteiger partial charge in [0.1, 0.15) is 18.5 Å². The summed E-state index contributed by atoms with van der Waals surface area (Å²) >= 11 is 0. The van der Waals surface area contributed by atoms with Crippen LogP contribution in [0.25, 0.3) is 0 Å². The number of carboxylic acids is 1. The molecule has 0 aromatic heterocycles. The smallest absolute Gasteiger partial charge is 0.324 e. The van der Waals surface area contributed by atoms with E-state index in [1.165, 1.54) is 7.05 Å². The van der Waals surface area contributed by atoms with Crippen LogP contribution in [-0.4, -0.2) is 30.8 Å². The molecule has 0 aliphatic rings. The topological polar surface area (TPSA) is 58.6 Å². The lowest BCUT2D eigenvalue weighted by molar-refractivity contribution is -0.140. The molecule has 0 saturated carbocycles. The van der Waals surface area contributed by atoms with Crippen molar-refractivity contribution in [2.24, 2.45) is 0 Å². The second-order valence-electron chi connectivity index (χ2n) is 3.07. The summed E-state index contributed by atoms with van der Waals surface area (Å²) in [5, 5.41) is 11.1. The fraction of sp³-hybridized carbons (Fsp3) is 0.300. The molecular formula is C10H11F2NO3. The van der Waals surface area contributed by atoms with Gasteiger partial charge >= 0.3 is 5.97 Å². The number of carboxylic acid groups (broad SMARTS) is 1. The van der Waals surface area contributed by atoms with Gasteiger partial charge < -0.3 is 15.2 Å². The van der Waals surface area contributed by atoms with E-state index in [2.05, 4.69) is 5.32 Å². The number of ether oxygens (including phenoxy) is 1. The molecule has 0 heterocycles. The molecule has 1 rings (SSSR count). The number of rotatable bonds is 5. The predicted octanol–water partition coefficient (Wildman–Crippen LogP) is 1.02. The molecule has 0 aliphatic carbocycles. The predicted molar refractivity (Wildman–Crippen MR) is 52.3 cm³/mol. The van der Waals surface area contributed by atoms with E-state index >= 15 is 0 Å². The first-order valence-electron chi connectivity index (χ1n) is 4.52. The second kappa shape index (κ2) is 5.41. The molecule has 1 unspecified atom stereocenters. The van der Waals surface area contributed by atoms with Gasteiger partial charge in [-0.05, 0) is 19.2 Å². The maximum Gasteiger partial charge on any atom is 0.324 e. The first-order valence-corrected chi connectivity index (χ1v) is 4.52. The normalized spacial score (nSPS) is 12.2. The molecule has 6 heteroatoms. The Bertz CT molecular complexity index is 384. The summed E-state index contributed by atoms with van der Waals surface area (Å²) in [6.07, 6.45) is 0. The summed E-state index contributed by atoms with van der Waals surface area (Å²) in [6.45, 7) is -0.286. The number of benzene rings is 1. The number of aliphatic carboxylic acids is 1. The first kappa shape index (κ1) is 12.4. The molecule has 0 saturated heterocycles. The molecule has 1 atom stereocenters. The van der Waals surface area contributed by atoms with Gasteiger partial charge in [-0.3, -0.25) is 4.79 Å². The van der Waals surface area contributed by atoms with Gasteiger partial charge in [-0.1, -0.05) is 0 Å². The van der Waals surface area contributed by atoms with Crippen molar-refractivity contribution in [1.29, 1.82) is 0 Å². The van der Waals surface area contributed by atoms with Crippen LogP contribution in [0.15, 0.2) is 18.2 Å². The molecule has 0 bridgehead atoms. The summed E-state index contributed by atoms with van der Waals surface area (Å²) in [6, 6.07) is 1.77. The lowest BCUT2D eigenvalue weighted by Crippen LogP contribution is -2.39. The lowest BCUT2D eigenvalue weighted by atomic mass is 10.3. The van der Waals surface area contributed by atoms with Crippen LogP contribution in [0.2, 0.25) is 0 Å². The van der Waals surface area contributed by atoms with E-state index in [0.29, 0.717) is 0 Å². The van der Waals surface area contributed by atoms with Crippen LogP contribution < -0.4 is 10.1 Å². The molecule has 0 fully saturated rings. The van der Waals surface area contributed by atoms with E-state index in [1.807, 2.05) is 0 Å². The van der Waals surface area contributed by atoms with Crippen molar-refractivity contribution in [3.63, 3.8) is 0 Å². The summed E-state index contributed by atoms with van der Waals surface area (Å²) in [5.41, 5.74) is 0. The SMILES string of the molecule is CNC(COc1cc(F)ccc1F)C(=O)O. The van der Waals surface area contributed by atoms with Crippen LogP contribution in [0.1, 0.15) is 0 Å². The van der Waals surface area contributed by atoms with Crippen molar-refractivity contribution in [2.45, 2.75) is 6.04 Å². The third-order valence-corrected chi connectivity index (χ3v) is 1.95. The van der Waals surface area contributed by atoms with Crippen molar-refractivity contribution in [3.8, 4) is 5.75 Å². The summed E-state index contributed by atoms with van der Waals surface area (Å²) in [4.78, 5) is 10.6. The number of carbonyl (C=O) groups is 1.